The fourth-order valence-electron chi connectivity index (χ4n) is 3.18. The highest BCUT2D eigenvalue weighted by atomic mass is 16.2. The molecule has 3 rings (SSSR count). The van der Waals surface area contributed by atoms with Crippen molar-refractivity contribution in [3.63, 3.8) is 0 Å². The molecule has 1 atom stereocenters. The fourth-order valence-corrected chi connectivity index (χ4v) is 3.18. The van der Waals surface area contributed by atoms with Crippen LogP contribution in [0.5, 0.6) is 0 Å². The molecule has 0 aliphatic carbocycles. The van der Waals surface area contributed by atoms with Gasteiger partial charge in [0.15, 0.2) is 16.9 Å². The maximum absolute atomic E-state index is 13.0. The summed E-state index contributed by atoms with van der Waals surface area (Å²) < 4.78 is 6.12. The third-order valence-corrected chi connectivity index (χ3v) is 4.87. The van der Waals surface area contributed by atoms with Crippen molar-refractivity contribution in [2.75, 3.05) is 0 Å². The Bertz CT molecular complexity index is 1110. The summed E-state index contributed by atoms with van der Waals surface area (Å²) in [6, 6.07) is -0.819. The largest absolute Gasteiger partial charge is 0.333 e. The van der Waals surface area contributed by atoms with Gasteiger partial charge < -0.3 is 4.57 Å². The van der Waals surface area contributed by atoms with Crippen molar-refractivity contribution >= 4 is 22.7 Å². The number of aromatic nitrogens is 5. The molecule has 0 aromatic carbocycles. The molecular weight excluding hydrogens is 310 g/mol. The van der Waals surface area contributed by atoms with Crippen molar-refractivity contribution in [1.82, 2.24) is 23.1 Å². The molecule has 0 N–H and O–H groups in total. The van der Waals surface area contributed by atoms with Crippen LogP contribution >= 0.6 is 0 Å². The summed E-state index contributed by atoms with van der Waals surface area (Å²) in [5.74, 6) is 0.385. The number of imidazole rings is 2. The maximum atomic E-state index is 13.0. The first kappa shape index (κ1) is 16.2. The lowest BCUT2D eigenvalue weighted by atomic mass is 10.2. The van der Waals surface area contributed by atoms with E-state index in [1.54, 1.807) is 18.4 Å². The van der Waals surface area contributed by atoms with E-state index in [9.17, 15) is 14.4 Å². The Balaban J connectivity index is 2.62. The summed E-state index contributed by atoms with van der Waals surface area (Å²) in [5.41, 5.74) is 1.55. The average molecular weight is 331 g/mol. The number of Topliss-reactive ketones (excluding diaryl/α,β-unsaturated/α-hetero) is 1. The Labute approximate surface area is 137 Å². The highest BCUT2D eigenvalue weighted by molar-refractivity contribution is 5.81. The van der Waals surface area contributed by atoms with E-state index in [2.05, 4.69) is 4.98 Å². The molecule has 24 heavy (non-hydrogen) atoms. The Hall–Kier alpha value is -2.64. The van der Waals surface area contributed by atoms with Gasteiger partial charge in [0.05, 0.1) is 6.04 Å². The topological polar surface area (TPSA) is 83.3 Å². The van der Waals surface area contributed by atoms with Crippen LogP contribution < -0.4 is 11.2 Å². The van der Waals surface area contributed by atoms with Gasteiger partial charge in [-0.05, 0) is 34.6 Å². The number of hydrogen-bond donors (Lipinski definition) is 0. The van der Waals surface area contributed by atoms with E-state index in [0.717, 1.165) is 16.0 Å². The smallest absolute Gasteiger partial charge is 0.314 e. The minimum absolute atomic E-state index is 0.242. The molecule has 0 aliphatic heterocycles. The van der Waals surface area contributed by atoms with Gasteiger partial charge in [0.25, 0.3) is 5.56 Å². The summed E-state index contributed by atoms with van der Waals surface area (Å²) in [5, 5.41) is 0. The van der Waals surface area contributed by atoms with Crippen LogP contribution in [0.15, 0.2) is 9.59 Å². The third kappa shape index (κ3) is 1.85. The van der Waals surface area contributed by atoms with Crippen LogP contribution in [0.4, 0.5) is 0 Å². The third-order valence-electron chi connectivity index (χ3n) is 4.87. The molecule has 3 aromatic rings. The predicted octanol–water partition coefficient (Wildman–Crippen LogP) is 0.936. The first-order valence-electron chi connectivity index (χ1n) is 7.92. The maximum Gasteiger partial charge on any atom is 0.333 e. The molecule has 0 saturated heterocycles. The van der Waals surface area contributed by atoms with Gasteiger partial charge in [-0.2, -0.15) is 4.98 Å². The van der Waals surface area contributed by atoms with Gasteiger partial charge in [-0.3, -0.25) is 18.6 Å². The Morgan fingerprint density at radius 3 is 2.38 bits per heavy atom. The lowest BCUT2D eigenvalue weighted by Gasteiger charge is -2.12. The van der Waals surface area contributed by atoms with Crippen molar-refractivity contribution < 1.29 is 4.79 Å². The summed E-state index contributed by atoms with van der Waals surface area (Å²) in [6.45, 7) is 9.52. The number of aryl methyl sites for hydroxylation is 3. The van der Waals surface area contributed by atoms with E-state index in [4.69, 9.17) is 0 Å². The van der Waals surface area contributed by atoms with Crippen molar-refractivity contribution in [2.45, 2.75) is 47.2 Å². The van der Waals surface area contributed by atoms with Gasteiger partial charge in [0.1, 0.15) is 0 Å². The van der Waals surface area contributed by atoms with Gasteiger partial charge in [-0.1, -0.05) is 0 Å². The molecule has 8 heteroatoms. The van der Waals surface area contributed by atoms with Crippen LogP contribution in [0.25, 0.3) is 16.9 Å². The van der Waals surface area contributed by atoms with Gasteiger partial charge in [0, 0.05) is 25.0 Å². The number of rotatable bonds is 3. The van der Waals surface area contributed by atoms with Gasteiger partial charge in [-0.15, -0.1) is 0 Å². The van der Waals surface area contributed by atoms with Crippen LogP contribution in [0, 0.1) is 13.8 Å². The average Bonchev–Trinajstić information content (AvgIpc) is 3.02. The normalized spacial score (nSPS) is 13.1. The molecule has 0 bridgehead atoms. The molecule has 3 heterocycles. The molecule has 8 nitrogen and oxygen atoms in total. The molecule has 0 amide bonds. The molecule has 1 unspecified atom stereocenters. The van der Waals surface area contributed by atoms with E-state index < -0.39 is 17.3 Å². The van der Waals surface area contributed by atoms with E-state index in [-0.39, 0.29) is 5.78 Å². The molecule has 0 radical (unpaired) electrons. The van der Waals surface area contributed by atoms with Crippen molar-refractivity contribution in [3.05, 3.63) is 32.2 Å². The van der Waals surface area contributed by atoms with Crippen molar-refractivity contribution in [1.29, 1.82) is 0 Å². The lowest BCUT2D eigenvalue weighted by molar-refractivity contribution is -0.119. The summed E-state index contributed by atoms with van der Waals surface area (Å²) in [6.07, 6.45) is 0. The molecule has 0 saturated carbocycles. The van der Waals surface area contributed by atoms with Gasteiger partial charge in [0.2, 0.25) is 5.78 Å². The second-order valence-electron chi connectivity index (χ2n) is 6.14. The molecule has 0 fully saturated rings. The monoisotopic (exact) mass is 331 g/mol. The zero-order valence-corrected chi connectivity index (χ0v) is 14.7. The fraction of sp³-hybridized carbons (Fsp3) is 0.500. The number of hydrogen-bond acceptors (Lipinski definition) is 4. The van der Waals surface area contributed by atoms with Gasteiger partial charge in [-0.25, -0.2) is 9.36 Å². The summed E-state index contributed by atoms with van der Waals surface area (Å²) in [7, 11) is 1.57. The number of carbonyl (C=O) groups is 1. The number of fused-ring (bicyclic) bond motifs is 3. The minimum Gasteiger partial charge on any atom is -0.314 e. The zero-order chi connectivity index (χ0) is 17.9. The van der Waals surface area contributed by atoms with Crippen LogP contribution in [-0.4, -0.2) is 28.9 Å². The second kappa shape index (κ2) is 5.19. The molecule has 0 spiro atoms. The first-order valence-corrected chi connectivity index (χ1v) is 7.92. The van der Waals surface area contributed by atoms with E-state index in [1.165, 1.54) is 11.5 Å². The Kier molecular flexibility index (Phi) is 3.51. The van der Waals surface area contributed by atoms with Crippen LogP contribution in [-0.2, 0) is 18.4 Å². The summed E-state index contributed by atoms with van der Waals surface area (Å²) >= 11 is 0. The highest BCUT2D eigenvalue weighted by Crippen LogP contribution is 2.20. The lowest BCUT2D eigenvalue weighted by Crippen LogP contribution is -2.42. The highest BCUT2D eigenvalue weighted by Gasteiger charge is 2.24. The van der Waals surface area contributed by atoms with E-state index in [0.29, 0.717) is 23.5 Å². The number of nitrogens with zero attached hydrogens (tertiary/aromatic N) is 5. The first-order chi connectivity index (χ1) is 11.2. The standard InChI is InChI=1S/C16H21N5O3/c1-7-19-8(2)9(3)20-12-13(17-15(19)20)18(6)16(24)21(14(12)23)10(4)11(5)22/h10H,7H2,1-6H3. The van der Waals surface area contributed by atoms with Crippen molar-refractivity contribution in [2.24, 2.45) is 7.05 Å². The Morgan fingerprint density at radius 2 is 1.83 bits per heavy atom. The predicted molar refractivity (Wildman–Crippen MR) is 90.7 cm³/mol. The second-order valence-corrected chi connectivity index (χ2v) is 6.14. The van der Waals surface area contributed by atoms with Crippen molar-refractivity contribution in [3.8, 4) is 0 Å². The molecule has 3 aromatic heterocycles. The van der Waals surface area contributed by atoms with Crippen LogP contribution in [0.2, 0.25) is 0 Å². The number of carbonyl (C=O) groups excluding carboxylic acids is 1. The quantitative estimate of drug-likeness (QED) is 0.715. The molecule has 128 valence electrons. The Morgan fingerprint density at radius 1 is 1.21 bits per heavy atom. The van der Waals surface area contributed by atoms with Crippen LogP contribution in [0.3, 0.4) is 0 Å². The summed E-state index contributed by atoms with van der Waals surface area (Å²) in [4.78, 5) is 41.8. The van der Waals surface area contributed by atoms with E-state index in [1.807, 2.05) is 25.3 Å². The van der Waals surface area contributed by atoms with Gasteiger partial charge >= 0.3 is 5.69 Å². The SMILES string of the molecule is CCn1c(C)c(C)n2c3c(=O)n(C(C)C(C)=O)c(=O)n(C)c3nc12. The molecule has 0 aliphatic rings. The number of ketones is 1. The minimum atomic E-state index is -0.819. The zero-order valence-electron chi connectivity index (χ0n) is 14.7. The van der Waals surface area contributed by atoms with E-state index >= 15 is 0 Å². The molecular formula is C16H21N5O3. The van der Waals surface area contributed by atoms with Crippen LogP contribution in [0.1, 0.15) is 38.2 Å².